The van der Waals surface area contributed by atoms with E-state index in [1.807, 2.05) is 23.5 Å². The molecule has 4 aromatic carbocycles. The fourth-order valence-electron chi connectivity index (χ4n) is 5.52. The van der Waals surface area contributed by atoms with Crippen LogP contribution in [0, 0.1) is 0 Å². The van der Waals surface area contributed by atoms with Crippen molar-refractivity contribution in [2.45, 2.75) is 136 Å². The van der Waals surface area contributed by atoms with Gasteiger partial charge in [-0.1, -0.05) is 119 Å². The minimum Gasteiger partial charge on any atom is -0.507 e. The zero-order valence-electron chi connectivity index (χ0n) is 30.5. The molecule has 0 amide bonds. The van der Waals surface area contributed by atoms with Crippen molar-refractivity contribution >= 4 is 35.3 Å². The molecule has 0 fully saturated rings. The van der Waals surface area contributed by atoms with Crippen molar-refractivity contribution < 1.29 is 10.2 Å². The molecular weight excluding hydrogens is 633 g/mol. The van der Waals surface area contributed by atoms with E-state index in [4.69, 9.17) is 0 Å². The Bertz CT molecular complexity index is 1480. The molecule has 0 aliphatic carbocycles. The Labute approximate surface area is 297 Å². The Morgan fingerprint density at radius 1 is 0.404 bits per heavy atom. The number of phenols is 2. The Morgan fingerprint density at radius 3 is 0.872 bits per heavy atom. The molecule has 0 heterocycles. The van der Waals surface area contributed by atoms with E-state index >= 15 is 0 Å². The van der Waals surface area contributed by atoms with Crippen molar-refractivity contribution in [1.29, 1.82) is 0 Å². The number of aromatic hydroxyl groups is 2. The van der Waals surface area contributed by atoms with Gasteiger partial charge in [-0.3, -0.25) is 0 Å². The maximum absolute atomic E-state index is 11.1. The summed E-state index contributed by atoms with van der Waals surface area (Å²) in [4.78, 5) is 4.92. The Balaban J connectivity index is 1.39. The van der Waals surface area contributed by atoms with Gasteiger partial charge in [0, 0.05) is 31.1 Å². The van der Waals surface area contributed by atoms with E-state index in [9.17, 15) is 10.2 Å². The summed E-state index contributed by atoms with van der Waals surface area (Å²) >= 11 is 5.45. The van der Waals surface area contributed by atoms with Crippen molar-refractivity contribution in [2.75, 3.05) is 0 Å². The number of hydrogen-bond donors (Lipinski definition) is 2. The van der Waals surface area contributed by atoms with Crippen LogP contribution in [0.2, 0.25) is 0 Å². The molecule has 0 aliphatic rings. The lowest BCUT2D eigenvalue weighted by molar-refractivity contribution is 0.422. The zero-order chi connectivity index (χ0) is 34.9. The molecule has 0 unspecified atom stereocenters. The zero-order valence-corrected chi connectivity index (χ0v) is 32.9. The summed E-state index contributed by atoms with van der Waals surface area (Å²) in [6, 6.07) is 26.4. The van der Waals surface area contributed by atoms with Gasteiger partial charge in [-0.2, -0.15) is 0 Å². The molecule has 0 aromatic heterocycles. The molecule has 0 spiro atoms. The van der Waals surface area contributed by atoms with Crippen molar-refractivity contribution in [3.63, 3.8) is 0 Å². The minimum atomic E-state index is -0.125. The highest BCUT2D eigenvalue weighted by Crippen LogP contribution is 2.42. The SMILES string of the molecule is CC(C)(C)c1cc(CSc2ccc(Sc3ccc(SCc4cc(C(C)(C)C)c(O)c(C(C)(C)C)c4)cc3)cc2)cc(C(C)(C)C)c1O. The van der Waals surface area contributed by atoms with Crippen molar-refractivity contribution in [3.05, 3.63) is 106 Å². The van der Waals surface area contributed by atoms with Crippen LogP contribution >= 0.6 is 35.3 Å². The molecule has 2 nitrogen and oxygen atoms in total. The monoisotopic (exact) mass is 686 g/mol. The summed E-state index contributed by atoms with van der Waals surface area (Å²) in [5, 5.41) is 22.1. The Morgan fingerprint density at radius 2 is 0.638 bits per heavy atom. The summed E-state index contributed by atoms with van der Waals surface area (Å²) in [5.74, 6) is 2.59. The van der Waals surface area contributed by atoms with Crippen LogP contribution in [-0.2, 0) is 33.2 Å². The average Bonchev–Trinajstić information content (AvgIpc) is 2.95. The standard InChI is InChI=1S/C42H54O2S3/c1-39(2,3)33-21-27(22-34(37(33)43)40(4,5)6)25-45-29-13-17-31(18-14-29)47-32-19-15-30(16-20-32)46-26-28-23-35(41(7,8)9)38(44)36(24-28)42(10,11)12/h13-24,43-44H,25-26H2,1-12H3. The summed E-state index contributed by atoms with van der Waals surface area (Å²) in [5.41, 5.74) is 6.05. The minimum absolute atomic E-state index is 0.125. The first-order valence-electron chi connectivity index (χ1n) is 16.5. The van der Waals surface area contributed by atoms with E-state index in [1.54, 1.807) is 11.8 Å². The molecule has 5 heteroatoms. The second kappa shape index (κ2) is 14.2. The number of hydrogen-bond acceptors (Lipinski definition) is 5. The van der Waals surface area contributed by atoms with E-state index in [2.05, 4.69) is 156 Å². The second-order valence-corrected chi connectivity index (χ2v) is 19.9. The third-order valence-corrected chi connectivity index (χ3v) is 11.4. The van der Waals surface area contributed by atoms with Gasteiger partial charge in [-0.25, -0.2) is 0 Å². The van der Waals surface area contributed by atoms with Gasteiger partial charge in [-0.15, -0.1) is 23.5 Å². The summed E-state index contributed by atoms with van der Waals surface area (Å²) in [7, 11) is 0. The van der Waals surface area contributed by atoms with Gasteiger partial charge in [0.2, 0.25) is 0 Å². The van der Waals surface area contributed by atoms with E-state index in [0.717, 1.165) is 33.8 Å². The molecule has 47 heavy (non-hydrogen) atoms. The second-order valence-electron chi connectivity index (χ2n) is 16.7. The van der Waals surface area contributed by atoms with Gasteiger partial charge in [-0.05, 0) is 104 Å². The first-order valence-corrected chi connectivity index (χ1v) is 19.3. The van der Waals surface area contributed by atoms with Gasteiger partial charge in [0.05, 0.1) is 0 Å². The quantitative estimate of drug-likeness (QED) is 0.181. The lowest BCUT2D eigenvalue weighted by Gasteiger charge is -2.28. The van der Waals surface area contributed by atoms with Gasteiger partial charge >= 0.3 is 0 Å². The van der Waals surface area contributed by atoms with Gasteiger partial charge in [0.1, 0.15) is 11.5 Å². The molecule has 4 aromatic rings. The van der Waals surface area contributed by atoms with E-state index in [1.165, 1.54) is 30.7 Å². The molecule has 0 saturated heterocycles. The fourth-order valence-corrected chi connectivity index (χ4v) is 7.99. The van der Waals surface area contributed by atoms with Gasteiger partial charge in [0.15, 0.2) is 0 Å². The number of benzene rings is 4. The van der Waals surface area contributed by atoms with Crippen LogP contribution in [0.3, 0.4) is 0 Å². The maximum Gasteiger partial charge on any atom is 0.123 e. The third kappa shape index (κ3) is 9.80. The first-order chi connectivity index (χ1) is 21.6. The van der Waals surface area contributed by atoms with E-state index in [-0.39, 0.29) is 21.7 Å². The molecule has 252 valence electrons. The Kier molecular flexibility index (Phi) is 11.3. The van der Waals surface area contributed by atoms with Crippen LogP contribution in [0.4, 0.5) is 0 Å². The predicted octanol–water partition coefficient (Wildman–Crippen LogP) is 13.0. The van der Waals surface area contributed by atoms with Crippen molar-refractivity contribution in [1.82, 2.24) is 0 Å². The number of phenolic OH excluding ortho intramolecular Hbond substituents is 2. The van der Waals surface area contributed by atoms with Gasteiger partial charge in [0.25, 0.3) is 0 Å². The predicted molar refractivity (Wildman–Crippen MR) is 207 cm³/mol. The summed E-state index contributed by atoms with van der Waals surface area (Å²) < 4.78 is 0. The van der Waals surface area contributed by atoms with Crippen LogP contribution in [0.25, 0.3) is 0 Å². The molecule has 0 atom stereocenters. The first kappa shape index (κ1) is 37.4. The third-order valence-electron chi connectivity index (χ3n) is 8.27. The highest BCUT2D eigenvalue weighted by Gasteiger charge is 2.28. The van der Waals surface area contributed by atoms with Crippen LogP contribution in [0.1, 0.15) is 116 Å². The van der Waals surface area contributed by atoms with Crippen LogP contribution in [-0.4, -0.2) is 10.2 Å². The normalized spacial score (nSPS) is 12.9. The molecular formula is C42H54O2S3. The largest absolute Gasteiger partial charge is 0.507 e. The molecule has 0 bridgehead atoms. The lowest BCUT2D eigenvalue weighted by Crippen LogP contribution is -2.17. The van der Waals surface area contributed by atoms with Crippen molar-refractivity contribution in [2.24, 2.45) is 0 Å². The molecule has 0 radical (unpaired) electrons. The molecule has 4 rings (SSSR count). The highest BCUT2D eigenvalue weighted by atomic mass is 32.2. The molecule has 0 aliphatic heterocycles. The smallest absolute Gasteiger partial charge is 0.123 e. The van der Waals surface area contributed by atoms with Crippen molar-refractivity contribution in [3.8, 4) is 11.5 Å². The van der Waals surface area contributed by atoms with Gasteiger partial charge < -0.3 is 10.2 Å². The summed E-state index contributed by atoms with van der Waals surface area (Å²) in [6.07, 6.45) is 0. The molecule has 2 N–H and O–H groups in total. The van der Waals surface area contributed by atoms with Crippen LogP contribution in [0.15, 0.2) is 92.4 Å². The summed E-state index contributed by atoms with van der Waals surface area (Å²) in [6.45, 7) is 26.0. The highest BCUT2D eigenvalue weighted by molar-refractivity contribution is 7.99. The van der Waals surface area contributed by atoms with E-state index in [0.29, 0.717) is 11.5 Å². The molecule has 0 saturated carbocycles. The van der Waals surface area contributed by atoms with Crippen LogP contribution in [0.5, 0.6) is 11.5 Å². The lowest BCUT2D eigenvalue weighted by atomic mass is 9.78. The topological polar surface area (TPSA) is 40.5 Å². The fraction of sp³-hybridized carbons (Fsp3) is 0.429. The number of thioether (sulfide) groups is 2. The maximum atomic E-state index is 11.1. The Hall–Kier alpha value is -2.47. The number of rotatable bonds is 8. The average molecular weight is 687 g/mol. The van der Waals surface area contributed by atoms with E-state index < -0.39 is 0 Å². The van der Waals surface area contributed by atoms with Crippen LogP contribution < -0.4 is 0 Å².